The Morgan fingerprint density at radius 2 is 0.421 bits per heavy atom. The van der Waals surface area contributed by atoms with Gasteiger partial charge in [-0.2, -0.15) is 0 Å². The number of rotatable bonds is 10. The quantitative estimate of drug-likeness (QED) is 0.137. The lowest BCUT2D eigenvalue weighted by Crippen LogP contribution is -1.94. The maximum absolute atomic E-state index is 6.50. The molecule has 24 aromatic rings. The third kappa shape index (κ3) is 10.6. The molecule has 0 bridgehead atoms. The molecule has 6 heterocycles. The molecular weight excluding hydrogens is 1390 g/mol. The van der Waals surface area contributed by atoms with Crippen LogP contribution < -0.4 is 0 Å². The topological polar surface area (TPSA) is 46.0 Å². The smallest absolute Gasteiger partial charge is 0.143 e. The second-order valence-electron chi connectivity index (χ2n) is 29.9. The fourth-order valence-corrected chi connectivity index (χ4v) is 18.1. The molecule has 0 aliphatic carbocycles. The van der Waals surface area contributed by atoms with Crippen LogP contribution in [0.4, 0.5) is 0 Å². The van der Waals surface area contributed by atoms with E-state index >= 15 is 0 Å². The van der Waals surface area contributed by atoms with Gasteiger partial charge in [0.2, 0.25) is 0 Å². The molecule has 0 fully saturated rings. The zero-order valence-corrected chi connectivity index (χ0v) is 61.9. The normalized spacial score (nSPS) is 11.9. The van der Waals surface area contributed by atoms with Crippen LogP contribution in [0.2, 0.25) is 0 Å². The Morgan fingerprint density at radius 3 is 0.877 bits per heavy atom. The maximum atomic E-state index is 6.50. The minimum absolute atomic E-state index is 0.906. The van der Waals surface area contributed by atoms with E-state index in [4.69, 9.17) is 8.83 Å². The van der Waals surface area contributed by atoms with E-state index in [0.29, 0.717) is 0 Å². The van der Waals surface area contributed by atoms with Gasteiger partial charge in [-0.15, -0.1) is 0 Å². The lowest BCUT2D eigenvalue weighted by Gasteiger charge is -2.11. The van der Waals surface area contributed by atoms with E-state index in [1.165, 1.54) is 132 Å². The SMILES string of the molecule is c1ccc(-c2cccc(-n3c4ccccc4c4cc(-c5ccc6c(c5)c5cc(-c7ccc8c(c7)oc7ccccc78)ccc5n6-c5ccccc5)ccc43)c2)cc1.c1ccc(-c2cccc(-n3c4ccccc4c4cc(-c5ccc6c(c5)c5cc(-c7cccc8c7oc7ccccc78)ccc5n6-c5ccccc5)ccc43)c2)cc1. The van der Waals surface area contributed by atoms with E-state index < -0.39 is 0 Å². The molecule has 0 saturated heterocycles. The van der Waals surface area contributed by atoms with Gasteiger partial charge in [0.25, 0.3) is 0 Å². The average molecular weight is 1450 g/mol. The van der Waals surface area contributed by atoms with Crippen molar-refractivity contribution >= 4 is 131 Å². The molecule has 18 aromatic carbocycles. The molecule has 114 heavy (non-hydrogen) atoms. The zero-order valence-electron chi connectivity index (χ0n) is 61.9. The van der Waals surface area contributed by atoms with Gasteiger partial charge in [-0.25, -0.2) is 0 Å². The highest BCUT2D eigenvalue weighted by Crippen LogP contribution is 2.45. The predicted octanol–water partition coefficient (Wildman–Crippen LogP) is 29.6. The van der Waals surface area contributed by atoms with Crippen LogP contribution in [-0.2, 0) is 0 Å². The molecule has 0 aliphatic rings. The van der Waals surface area contributed by atoms with Crippen molar-refractivity contribution < 1.29 is 8.83 Å². The van der Waals surface area contributed by atoms with Crippen molar-refractivity contribution in [2.75, 3.05) is 0 Å². The summed E-state index contributed by atoms with van der Waals surface area (Å²) in [6.45, 7) is 0. The molecule has 24 rings (SSSR count). The van der Waals surface area contributed by atoms with Crippen molar-refractivity contribution in [2.45, 2.75) is 0 Å². The Morgan fingerprint density at radius 1 is 0.140 bits per heavy atom. The Kier molecular flexibility index (Phi) is 14.9. The molecule has 0 N–H and O–H groups in total. The van der Waals surface area contributed by atoms with E-state index in [1.54, 1.807) is 0 Å². The summed E-state index contributed by atoms with van der Waals surface area (Å²) in [6, 6.07) is 149. The van der Waals surface area contributed by atoms with Crippen LogP contribution in [0.1, 0.15) is 0 Å². The van der Waals surface area contributed by atoms with Crippen LogP contribution in [0.15, 0.2) is 421 Å². The first-order valence-electron chi connectivity index (χ1n) is 39.0. The third-order valence-corrected chi connectivity index (χ3v) is 23.4. The lowest BCUT2D eigenvalue weighted by molar-refractivity contribution is 0.669. The van der Waals surface area contributed by atoms with Crippen LogP contribution in [-0.4, -0.2) is 18.3 Å². The Bertz CT molecular complexity index is 7970. The molecule has 0 radical (unpaired) electrons. The Balaban J connectivity index is 0.000000135. The van der Waals surface area contributed by atoms with E-state index in [9.17, 15) is 0 Å². The minimum atomic E-state index is 0.906. The Hall–Kier alpha value is -15.2. The van der Waals surface area contributed by atoms with Crippen molar-refractivity contribution in [3.8, 4) is 89.5 Å². The first kappa shape index (κ1) is 64.7. The zero-order chi connectivity index (χ0) is 74.9. The largest absolute Gasteiger partial charge is 0.456 e. The van der Waals surface area contributed by atoms with Gasteiger partial charge in [0.1, 0.15) is 22.3 Å². The second kappa shape index (κ2) is 26.2. The fourth-order valence-electron chi connectivity index (χ4n) is 18.1. The summed E-state index contributed by atoms with van der Waals surface area (Å²) in [7, 11) is 0. The molecule has 6 nitrogen and oxygen atoms in total. The number of hydrogen-bond donors (Lipinski definition) is 0. The molecular formula is C108H68N4O2. The van der Waals surface area contributed by atoms with Crippen LogP contribution in [0.5, 0.6) is 0 Å². The number of fused-ring (bicyclic) bond motifs is 18. The van der Waals surface area contributed by atoms with Crippen LogP contribution in [0.3, 0.4) is 0 Å². The molecule has 0 aliphatic heterocycles. The number of aromatic nitrogens is 4. The van der Waals surface area contributed by atoms with Gasteiger partial charge in [0, 0.05) is 92.9 Å². The van der Waals surface area contributed by atoms with Gasteiger partial charge < -0.3 is 27.1 Å². The first-order chi connectivity index (χ1) is 56.5. The molecule has 532 valence electrons. The number of nitrogens with zero attached hydrogens (tertiary/aromatic N) is 4. The van der Waals surface area contributed by atoms with Gasteiger partial charge in [0.15, 0.2) is 0 Å². The van der Waals surface area contributed by atoms with Gasteiger partial charge in [-0.05, 0) is 219 Å². The van der Waals surface area contributed by atoms with E-state index in [0.717, 1.165) is 88.9 Å². The average Bonchev–Trinajstić information content (AvgIpc) is 1.59. The summed E-state index contributed by atoms with van der Waals surface area (Å²) in [5.74, 6) is 0. The second-order valence-corrected chi connectivity index (χ2v) is 29.9. The van der Waals surface area contributed by atoms with Gasteiger partial charge in [-0.3, -0.25) is 0 Å². The van der Waals surface area contributed by atoms with E-state index in [2.05, 4.69) is 413 Å². The summed E-state index contributed by atoms with van der Waals surface area (Å²) in [5.41, 5.74) is 31.8. The first-order valence-corrected chi connectivity index (χ1v) is 39.0. The van der Waals surface area contributed by atoms with Crippen LogP contribution in [0, 0.1) is 0 Å². The monoisotopic (exact) mass is 1450 g/mol. The molecule has 6 heteroatoms. The maximum Gasteiger partial charge on any atom is 0.143 e. The van der Waals surface area contributed by atoms with Crippen molar-refractivity contribution in [3.63, 3.8) is 0 Å². The highest BCUT2D eigenvalue weighted by Gasteiger charge is 2.23. The van der Waals surface area contributed by atoms with E-state index in [1.807, 2.05) is 18.2 Å². The molecule has 6 aromatic heterocycles. The number of hydrogen-bond acceptors (Lipinski definition) is 2. The van der Waals surface area contributed by atoms with Gasteiger partial charge >= 0.3 is 0 Å². The molecule has 0 atom stereocenters. The van der Waals surface area contributed by atoms with Crippen LogP contribution >= 0.6 is 0 Å². The third-order valence-electron chi connectivity index (χ3n) is 23.4. The Labute approximate surface area is 656 Å². The van der Waals surface area contributed by atoms with E-state index in [-0.39, 0.29) is 0 Å². The van der Waals surface area contributed by atoms with Gasteiger partial charge in [-0.1, -0.05) is 255 Å². The summed E-state index contributed by atoms with van der Waals surface area (Å²) >= 11 is 0. The van der Waals surface area contributed by atoms with Gasteiger partial charge in [0.05, 0.1) is 44.1 Å². The summed E-state index contributed by atoms with van der Waals surface area (Å²) in [5, 5.41) is 14.4. The van der Waals surface area contributed by atoms with Crippen molar-refractivity contribution in [2.24, 2.45) is 0 Å². The number of benzene rings is 18. The summed E-state index contributed by atoms with van der Waals surface area (Å²) in [4.78, 5) is 0. The molecule has 0 spiro atoms. The highest BCUT2D eigenvalue weighted by atomic mass is 16.3. The fraction of sp³-hybridized carbons (Fsp3) is 0. The van der Waals surface area contributed by atoms with Crippen molar-refractivity contribution in [1.29, 1.82) is 0 Å². The standard InChI is InChI=1S/2C54H34N2O/c1-3-13-35(14-4-1)36-15-11-18-41(31-36)56-49-23-9-7-19-43(49)46-32-37(25-28-50(46)56)38-26-29-51-47(33-38)48-34-39(27-30-52(48)55(51)40-16-5-2-6-17-40)42-21-12-22-45-44-20-8-10-24-53(44)57-54(42)45;1-3-12-35(13-4-1)36-14-11-17-42(30-36)56-49-20-9-7-18-43(49)46-31-37(23-27-50(46)56)38-24-28-51-47(32-38)48-33-39(25-29-52(48)55(51)41-15-5-2-6-16-41)40-22-26-45-44-19-8-10-21-53(44)57-54(45)34-40/h2*1-34H. The van der Waals surface area contributed by atoms with Crippen molar-refractivity contribution in [1.82, 2.24) is 18.3 Å². The number of para-hydroxylation sites is 7. The summed E-state index contributed by atoms with van der Waals surface area (Å²) < 4.78 is 22.4. The number of furan rings is 2. The predicted molar refractivity (Wildman–Crippen MR) is 477 cm³/mol. The van der Waals surface area contributed by atoms with Crippen molar-refractivity contribution in [3.05, 3.63) is 413 Å². The minimum Gasteiger partial charge on any atom is -0.456 e. The highest BCUT2D eigenvalue weighted by molar-refractivity contribution is 6.17. The molecule has 0 amide bonds. The summed E-state index contributed by atoms with van der Waals surface area (Å²) in [6.07, 6.45) is 0. The molecule has 0 unspecified atom stereocenters. The lowest BCUT2D eigenvalue weighted by atomic mass is 9.98. The van der Waals surface area contributed by atoms with Crippen LogP contribution in [0.25, 0.3) is 221 Å². The molecule has 0 saturated carbocycles.